The predicted octanol–water partition coefficient (Wildman–Crippen LogP) is 2.73. The Bertz CT molecular complexity index is 954. The van der Waals surface area contributed by atoms with Gasteiger partial charge >= 0.3 is 6.18 Å². The van der Waals surface area contributed by atoms with Gasteiger partial charge in [0.15, 0.2) is 6.61 Å². The Morgan fingerprint density at radius 2 is 1.97 bits per heavy atom. The topological polar surface area (TPSA) is 83.7 Å². The van der Waals surface area contributed by atoms with Crippen LogP contribution in [0.2, 0.25) is 5.02 Å². The third-order valence-corrected chi connectivity index (χ3v) is 8.23. The molecular formula is C24H31ClF4N4O3. The average molecular weight is 535 g/mol. The van der Waals surface area contributed by atoms with Crippen molar-refractivity contribution in [3.63, 3.8) is 0 Å². The standard InChI is InChI=1S/C24H31ClF4N4O3/c25-18-3-1-15(5-19(18)26)36-12-21(34)33-23-6-13(7-23)17(8-23)22-31-9-14(32-22)11-35-16-2-4-20(30-10-16)24(27,28)29/h1,3,5,13-14,16-17,20,22,30-32H,2,4,6-12H2,(H,33,34). The zero-order valence-corrected chi connectivity index (χ0v) is 20.4. The smallest absolute Gasteiger partial charge is 0.403 e. The minimum Gasteiger partial charge on any atom is -0.484 e. The third-order valence-electron chi connectivity index (χ3n) is 7.93. The Morgan fingerprint density at radius 3 is 2.67 bits per heavy atom. The van der Waals surface area contributed by atoms with Crippen molar-refractivity contribution in [3.8, 4) is 5.75 Å². The third kappa shape index (κ3) is 5.75. The predicted molar refractivity (Wildman–Crippen MR) is 124 cm³/mol. The van der Waals surface area contributed by atoms with Crippen LogP contribution < -0.4 is 26.0 Å². The zero-order valence-electron chi connectivity index (χ0n) is 19.7. The van der Waals surface area contributed by atoms with Crippen LogP contribution in [0.15, 0.2) is 18.2 Å². The summed E-state index contributed by atoms with van der Waals surface area (Å²) in [5.74, 6) is 0.280. The van der Waals surface area contributed by atoms with Gasteiger partial charge in [-0.2, -0.15) is 13.2 Å². The fraction of sp³-hybridized carbons (Fsp3) is 0.708. The van der Waals surface area contributed by atoms with Gasteiger partial charge in [-0.1, -0.05) is 11.6 Å². The molecule has 0 spiro atoms. The van der Waals surface area contributed by atoms with Gasteiger partial charge < -0.3 is 25.4 Å². The molecule has 2 saturated heterocycles. The van der Waals surface area contributed by atoms with Gasteiger partial charge in [-0.25, -0.2) is 4.39 Å². The molecule has 5 atom stereocenters. The number of fused-ring (bicyclic) bond motifs is 1. The fourth-order valence-electron chi connectivity index (χ4n) is 6.15. The first kappa shape index (κ1) is 26.0. The number of hydrogen-bond acceptors (Lipinski definition) is 6. The number of nitrogens with one attached hydrogen (secondary N) is 4. The Morgan fingerprint density at radius 1 is 1.17 bits per heavy atom. The monoisotopic (exact) mass is 534 g/mol. The Kier molecular flexibility index (Phi) is 7.39. The minimum atomic E-state index is -4.21. The van der Waals surface area contributed by atoms with E-state index in [9.17, 15) is 22.4 Å². The number of ether oxygens (including phenoxy) is 2. The van der Waals surface area contributed by atoms with E-state index in [1.54, 1.807) is 0 Å². The van der Waals surface area contributed by atoms with E-state index in [1.165, 1.54) is 12.1 Å². The number of amides is 1. The molecule has 5 fully saturated rings. The Hall–Kier alpha value is -1.66. The first-order chi connectivity index (χ1) is 17.1. The minimum absolute atomic E-state index is 0.00352. The van der Waals surface area contributed by atoms with Gasteiger partial charge in [-0.15, -0.1) is 0 Å². The summed E-state index contributed by atoms with van der Waals surface area (Å²) < 4.78 is 63.2. The van der Waals surface area contributed by atoms with Crippen LogP contribution in [0.4, 0.5) is 17.6 Å². The summed E-state index contributed by atoms with van der Waals surface area (Å²) in [6.45, 7) is 1.17. The summed E-state index contributed by atoms with van der Waals surface area (Å²) in [6, 6.07) is 2.70. The number of benzene rings is 1. The molecule has 6 rings (SSSR count). The van der Waals surface area contributed by atoms with Gasteiger partial charge in [0.05, 0.1) is 23.9 Å². The van der Waals surface area contributed by atoms with Gasteiger partial charge in [0, 0.05) is 30.7 Å². The maximum absolute atomic E-state index is 13.5. The summed E-state index contributed by atoms with van der Waals surface area (Å²) >= 11 is 5.66. The second-order valence-electron chi connectivity index (χ2n) is 10.5. The number of carbonyl (C=O) groups excluding carboxylic acids is 1. The molecule has 7 nitrogen and oxygen atoms in total. The molecule has 3 saturated carbocycles. The molecule has 2 aliphatic heterocycles. The van der Waals surface area contributed by atoms with E-state index in [4.69, 9.17) is 21.1 Å². The number of halogens is 5. The molecule has 4 N–H and O–H groups in total. The Labute approximate surface area is 212 Å². The van der Waals surface area contributed by atoms with Crippen molar-refractivity contribution in [2.24, 2.45) is 11.8 Å². The van der Waals surface area contributed by atoms with E-state index in [-0.39, 0.29) is 60.1 Å². The number of piperidine rings is 1. The number of carbonyl (C=O) groups is 1. The number of rotatable bonds is 8. The maximum atomic E-state index is 13.5. The maximum Gasteiger partial charge on any atom is 0.403 e. The van der Waals surface area contributed by atoms with Crippen molar-refractivity contribution in [1.29, 1.82) is 0 Å². The molecule has 1 aromatic rings. The van der Waals surface area contributed by atoms with Gasteiger partial charge in [-0.3, -0.25) is 10.1 Å². The Balaban J connectivity index is 1.02. The van der Waals surface area contributed by atoms with E-state index in [2.05, 4.69) is 21.3 Å². The summed E-state index contributed by atoms with van der Waals surface area (Å²) in [5, 5.41) is 12.7. The van der Waals surface area contributed by atoms with Crippen LogP contribution in [0.25, 0.3) is 0 Å². The molecular weight excluding hydrogens is 504 g/mol. The highest BCUT2D eigenvalue weighted by molar-refractivity contribution is 6.30. The molecule has 5 unspecified atom stereocenters. The van der Waals surface area contributed by atoms with E-state index >= 15 is 0 Å². The molecule has 5 aliphatic rings. The van der Waals surface area contributed by atoms with Crippen LogP contribution in [0.3, 0.4) is 0 Å². The van der Waals surface area contributed by atoms with E-state index in [0.717, 1.165) is 31.9 Å². The molecule has 36 heavy (non-hydrogen) atoms. The molecule has 1 amide bonds. The SMILES string of the molecule is O=C(COc1ccc(Cl)c(F)c1)NC12CC(C1)C(C1NCC(COC3CCC(C(F)(F)F)NC3)N1)C2. The number of hydrogen-bond donors (Lipinski definition) is 4. The highest BCUT2D eigenvalue weighted by Crippen LogP contribution is 2.56. The molecule has 12 heteroatoms. The lowest BCUT2D eigenvalue weighted by Crippen LogP contribution is -2.53. The van der Waals surface area contributed by atoms with Crippen LogP contribution in [0, 0.1) is 17.7 Å². The normalized spacial score (nSPS) is 35.9. The lowest BCUT2D eigenvalue weighted by Gasteiger charge is -2.39. The lowest BCUT2D eigenvalue weighted by atomic mass is 9.76. The quantitative estimate of drug-likeness (QED) is 0.384. The van der Waals surface area contributed by atoms with Crippen molar-refractivity contribution < 1.29 is 31.8 Å². The van der Waals surface area contributed by atoms with Crippen molar-refractivity contribution in [2.45, 2.75) is 68.2 Å². The molecule has 0 radical (unpaired) electrons. The number of alkyl halides is 3. The second-order valence-corrected chi connectivity index (χ2v) is 10.9. The molecule has 2 bridgehead atoms. The van der Waals surface area contributed by atoms with Crippen LogP contribution in [-0.2, 0) is 9.53 Å². The zero-order chi connectivity index (χ0) is 25.5. The summed E-state index contributed by atoms with van der Waals surface area (Å²) in [5.41, 5.74) is -0.234. The molecule has 200 valence electrons. The summed E-state index contributed by atoms with van der Waals surface area (Å²) in [7, 11) is 0. The van der Waals surface area contributed by atoms with E-state index in [0.29, 0.717) is 24.9 Å². The van der Waals surface area contributed by atoms with Gasteiger partial charge in [0.25, 0.3) is 5.91 Å². The largest absolute Gasteiger partial charge is 0.484 e. The molecule has 2 heterocycles. The van der Waals surface area contributed by atoms with Crippen molar-refractivity contribution >= 4 is 17.5 Å². The lowest BCUT2D eigenvalue weighted by molar-refractivity contribution is -0.165. The second kappa shape index (κ2) is 10.2. The van der Waals surface area contributed by atoms with Crippen molar-refractivity contribution in [3.05, 3.63) is 29.0 Å². The fourth-order valence-corrected chi connectivity index (χ4v) is 6.27. The van der Waals surface area contributed by atoms with Gasteiger partial charge in [0.2, 0.25) is 0 Å². The first-order valence-corrected chi connectivity index (χ1v) is 12.8. The van der Waals surface area contributed by atoms with Gasteiger partial charge in [-0.05, 0) is 56.1 Å². The van der Waals surface area contributed by atoms with Gasteiger partial charge in [0.1, 0.15) is 17.6 Å². The van der Waals surface area contributed by atoms with E-state index in [1.807, 2.05) is 0 Å². The molecule has 3 aliphatic carbocycles. The molecule has 0 aromatic heterocycles. The highest BCUT2D eigenvalue weighted by atomic mass is 35.5. The van der Waals surface area contributed by atoms with E-state index < -0.39 is 18.0 Å². The first-order valence-electron chi connectivity index (χ1n) is 12.4. The van der Waals surface area contributed by atoms with Crippen LogP contribution in [-0.4, -0.2) is 68.3 Å². The summed E-state index contributed by atoms with van der Waals surface area (Å²) in [6.07, 6.45) is -1.22. The van der Waals surface area contributed by atoms with Crippen molar-refractivity contribution in [2.75, 3.05) is 26.3 Å². The van der Waals surface area contributed by atoms with Crippen molar-refractivity contribution in [1.82, 2.24) is 21.3 Å². The summed E-state index contributed by atoms with van der Waals surface area (Å²) in [4.78, 5) is 12.5. The average Bonchev–Trinajstić information content (AvgIpc) is 3.51. The highest BCUT2D eigenvalue weighted by Gasteiger charge is 2.59. The molecule has 1 aromatic carbocycles. The van der Waals surface area contributed by atoms with Crippen LogP contribution in [0.5, 0.6) is 5.75 Å². The van der Waals surface area contributed by atoms with Crippen LogP contribution in [0.1, 0.15) is 32.1 Å². The van der Waals surface area contributed by atoms with Crippen LogP contribution >= 0.6 is 11.6 Å².